The number of aryl methyl sites for hydroxylation is 1. The Kier molecular flexibility index (Phi) is 3.27. The highest BCUT2D eigenvalue weighted by Gasteiger charge is 2.34. The molecule has 19 heavy (non-hydrogen) atoms. The van der Waals surface area contributed by atoms with Crippen molar-refractivity contribution in [2.75, 3.05) is 0 Å². The Morgan fingerprint density at radius 3 is 2.68 bits per heavy atom. The van der Waals surface area contributed by atoms with E-state index < -0.39 is 5.82 Å². The maximum atomic E-state index is 13.9. The molecule has 2 saturated heterocycles. The molecule has 1 aromatic carbocycles. The second-order valence-electron chi connectivity index (χ2n) is 5.72. The molecule has 0 aromatic heterocycles. The average molecular weight is 262 g/mol. The molecule has 3 rings (SSSR count). The van der Waals surface area contributed by atoms with E-state index in [4.69, 9.17) is 0 Å². The van der Waals surface area contributed by atoms with Crippen LogP contribution in [0.25, 0.3) is 0 Å². The predicted octanol–water partition coefficient (Wildman–Crippen LogP) is 2.15. The van der Waals surface area contributed by atoms with E-state index >= 15 is 0 Å². The van der Waals surface area contributed by atoms with Crippen molar-refractivity contribution in [1.82, 2.24) is 10.6 Å². The maximum Gasteiger partial charge on any atom is 0.254 e. The number of hydrogen-bond acceptors (Lipinski definition) is 2. The fraction of sp³-hybridized carbons (Fsp3) is 0.533. The van der Waals surface area contributed by atoms with Gasteiger partial charge in [-0.3, -0.25) is 4.79 Å². The topological polar surface area (TPSA) is 41.1 Å². The lowest BCUT2D eigenvalue weighted by molar-refractivity contribution is 0.0919. The number of halogens is 1. The molecule has 0 aliphatic carbocycles. The van der Waals surface area contributed by atoms with Crippen molar-refractivity contribution in [3.63, 3.8) is 0 Å². The molecule has 2 N–H and O–H groups in total. The van der Waals surface area contributed by atoms with Crippen LogP contribution in [0, 0.1) is 12.7 Å². The van der Waals surface area contributed by atoms with Gasteiger partial charge in [0.2, 0.25) is 0 Å². The van der Waals surface area contributed by atoms with Gasteiger partial charge in [0, 0.05) is 18.1 Å². The molecule has 2 bridgehead atoms. The third-order valence-corrected chi connectivity index (χ3v) is 4.24. The lowest BCUT2D eigenvalue weighted by Crippen LogP contribution is -2.48. The third-order valence-electron chi connectivity index (χ3n) is 4.24. The molecule has 2 fully saturated rings. The van der Waals surface area contributed by atoms with Crippen LogP contribution in [0.5, 0.6) is 0 Å². The molecular formula is C15H19FN2O. The maximum absolute atomic E-state index is 13.9. The van der Waals surface area contributed by atoms with Gasteiger partial charge < -0.3 is 10.6 Å². The smallest absolute Gasteiger partial charge is 0.254 e. The van der Waals surface area contributed by atoms with Crippen LogP contribution in [-0.2, 0) is 0 Å². The Hall–Kier alpha value is -1.42. The minimum absolute atomic E-state index is 0.158. The number of carbonyl (C=O) groups excluding carboxylic acids is 1. The van der Waals surface area contributed by atoms with Crippen molar-refractivity contribution in [2.24, 2.45) is 0 Å². The molecule has 1 amide bonds. The number of carbonyl (C=O) groups is 1. The molecular weight excluding hydrogens is 243 g/mol. The molecule has 0 radical (unpaired) electrons. The summed E-state index contributed by atoms with van der Waals surface area (Å²) in [6, 6.07) is 6.16. The number of hydrogen-bond donors (Lipinski definition) is 2. The van der Waals surface area contributed by atoms with Gasteiger partial charge in [-0.15, -0.1) is 0 Å². The minimum atomic E-state index is -0.406. The van der Waals surface area contributed by atoms with Crippen molar-refractivity contribution in [3.8, 4) is 0 Å². The monoisotopic (exact) mass is 262 g/mol. The number of nitrogens with one attached hydrogen (secondary N) is 2. The van der Waals surface area contributed by atoms with Gasteiger partial charge in [-0.25, -0.2) is 4.39 Å². The number of amides is 1. The molecule has 3 nitrogen and oxygen atoms in total. The van der Waals surface area contributed by atoms with E-state index in [1.807, 2.05) is 0 Å². The SMILES string of the molecule is Cc1cccc(C(=O)NC2C[C@H]3CC[C@@H](C2)N3)c1F. The zero-order chi connectivity index (χ0) is 13.4. The van der Waals surface area contributed by atoms with Gasteiger partial charge in [0.1, 0.15) is 5.82 Å². The number of piperidine rings is 1. The first-order chi connectivity index (χ1) is 9.13. The fourth-order valence-corrected chi connectivity index (χ4v) is 3.26. The Labute approximate surface area is 112 Å². The lowest BCUT2D eigenvalue weighted by Gasteiger charge is -2.29. The van der Waals surface area contributed by atoms with Crippen molar-refractivity contribution in [2.45, 2.75) is 50.7 Å². The van der Waals surface area contributed by atoms with Crippen LogP contribution >= 0.6 is 0 Å². The van der Waals surface area contributed by atoms with Gasteiger partial charge in [0.15, 0.2) is 0 Å². The van der Waals surface area contributed by atoms with E-state index in [0.29, 0.717) is 17.6 Å². The van der Waals surface area contributed by atoms with Crippen LogP contribution < -0.4 is 10.6 Å². The summed E-state index contributed by atoms with van der Waals surface area (Å²) in [5, 5.41) is 6.51. The zero-order valence-electron chi connectivity index (χ0n) is 11.1. The quantitative estimate of drug-likeness (QED) is 0.857. The second-order valence-corrected chi connectivity index (χ2v) is 5.72. The van der Waals surface area contributed by atoms with E-state index in [9.17, 15) is 9.18 Å². The van der Waals surface area contributed by atoms with Gasteiger partial charge in [0.05, 0.1) is 5.56 Å². The van der Waals surface area contributed by atoms with Crippen molar-refractivity contribution < 1.29 is 9.18 Å². The van der Waals surface area contributed by atoms with E-state index in [1.54, 1.807) is 25.1 Å². The fourth-order valence-electron chi connectivity index (χ4n) is 3.26. The van der Waals surface area contributed by atoms with Crippen molar-refractivity contribution in [3.05, 3.63) is 35.1 Å². The van der Waals surface area contributed by atoms with Gasteiger partial charge in [0.25, 0.3) is 5.91 Å². The highest BCUT2D eigenvalue weighted by atomic mass is 19.1. The van der Waals surface area contributed by atoms with Crippen LogP contribution in [0.1, 0.15) is 41.6 Å². The van der Waals surface area contributed by atoms with Crippen LogP contribution in [-0.4, -0.2) is 24.0 Å². The Bertz CT molecular complexity index is 491. The van der Waals surface area contributed by atoms with Crippen LogP contribution in [0.3, 0.4) is 0 Å². The van der Waals surface area contributed by atoms with Gasteiger partial charge in [-0.05, 0) is 44.2 Å². The van der Waals surface area contributed by atoms with E-state index in [1.165, 1.54) is 12.8 Å². The molecule has 102 valence electrons. The highest BCUT2D eigenvalue weighted by molar-refractivity contribution is 5.94. The summed E-state index contributed by atoms with van der Waals surface area (Å²) < 4.78 is 13.9. The summed E-state index contributed by atoms with van der Waals surface area (Å²) in [6.07, 6.45) is 4.29. The van der Waals surface area contributed by atoms with E-state index in [-0.39, 0.29) is 17.5 Å². The van der Waals surface area contributed by atoms with Crippen molar-refractivity contribution in [1.29, 1.82) is 0 Å². The largest absolute Gasteiger partial charge is 0.349 e. The summed E-state index contributed by atoms with van der Waals surface area (Å²) in [4.78, 5) is 12.1. The number of rotatable bonds is 2. The number of fused-ring (bicyclic) bond motifs is 2. The zero-order valence-corrected chi connectivity index (χ0v) is 11.1. The summed E-state index contributed by atoms with van der Waals surface area (Å²) in [5.41, 5.74) is 0.670. The summed E-state index contributed by atoms with van der Waals surface area (Å²) in [7, 11) is 0. The minimum Gasteiger partial charge on any atom is -0.349 e. The second kappa shape index (κ2) is 4.93. The third kappa shape index (κ3) is 2.50. The van der Waals surface area contributed by atoms with Gasteiger partial charge in [-0.2, -0.15) is 0 Å². The summed E-state index contributed by atoms with van der Waals surface area (Å²) >= 11 is 0. The van der Waals surface area contributed by atoms with E-state index in [2.05, 4.69) is 10.6 Å². The van der Waals surface area contributed by atoms with Crippen molar-refractivity contribution >= 4 is 5.91 Å². The predicted molar refractivity (Wildman–Crippen MR) is 71.6 cm³/mol. The molecule has 2 aliphatic rings. The molecule has 1 aromatic rings. The average Bonchev–Trinajstić information content (AvgIpc) is 2.72. The Morgan fingerprint density at radius 1 is 1.32 bits per heavy atom. The van der Waals surface area contributed by atoms with Crippen LogP contribution in [0.2, 0.25) is 0 Å². The summed E-state index contributed by atoms with van der Waals surface area (Å²) in [6.45, 7) is 1.68. The molecule has 0 saturated carbocycles. The first-order valence-corrected chi connectivity index (χ1v) is 6.95. The first kappa shape index (κ1) is 12.6. The standard InChI is InChI=1S/C15H19FN2O/c1-9-3-2-4-13(14(9)16)15(19)18-12-7-10-5-6-11(8-12)17-10/h2-4,10-12,17H,5-8H2,1H3,(H,18,19)/t10-,11+,12?. The first-order valence-electron chi connectivity index (χ1n) is 6.95. The lowest BCUT2D eigenvalue weighted by atomic mass is 9.99. The molecule has 0 spiro atoms. The normalized spacial score (nSPS) is 29.3. The van der Waals surface area contributed by atoms with Crippen LogP contribution in [0.15, 0.2) is 18.2 Å². The van der Waals surface area contributed by atoms with E-state index in [0.717, 1.165) is 12.8 Å². The molecule has 2 heterocycles. The Morgan fingerprint density at radius 2 is 2.00 bits per heavy atom. The van der Waals surface area contributed by atoms with Gasteiger partial charge >= 0.3 is 0 Å². The molecule has 1 unspecified atom stereocenters. The molecule has 3 atom stereocenters. The molecule has 2 aliphatic heterocycles. The Balaban J connectivity index is 1.70. The number of benzene rings is 1. The van der Waals surface area contributed by atoms with Crippen LogP contribution in [0.4, 0.5) is 4.39 Å². The molecule has 4 heteroatoms. The summed E-state index contributed by atoms with van der Waals surface area (Å²) in [5.74, 6) is -0.690. The highest BCUT2D eigenvalue weighted by Crippen LogP contribution is 2.27. The van der Waals surface area contributed by atoms with Gasteiger partial charge in [-0.1, -0.05) is 12.1 Å².